The van der Waals surface area contributed by atoms with Crippen LogP contribution >= 0.6 is 0 Å². The van der Waals surface area contributed by atoms with Crippen molar-refractivity contribution in [2.24, 2.45) is 5.92 Å². The van der Waals surface area contributed by atoms with E-state index in [1.165, 1.54) is 31.3 Å². The van der Waals surface area contributed by atoms with Crippen LogP contribution in [0.3, 0.4) is 0 Å². The second-order valence-electron chi connectivity index (χ2n) is 4.23. The smallest absolute Gasteiger partial charge is 0.303 e. The number of hydrogen-bond acceptors (Lipinski definition) is 1. The quantitative estimate of drug-likeness (QED) is 0.702. The van der Waals surface area contributed by atoms with Gasteiger partial charge in [-0.2, -0.15) is 0 Å². The molecule has 0 aromatic carbocycles. The average molecular weight is 196 g/mol. The third-order valence-electron chi connectivity index (χ3n) is 2.94. The van der Waals surface area contributed by atoms with Crippen LogP contribution in [0.4, 0.5) is 0 Å². The Balaban J connectivity index is 2.49. The molecule has 0 bridgehead atoms. The molecule has 1 rings (SSSR count). The van der Waals surface area contributed by atoms with Crippen LogP contribution in [-0.2, 0) is 4.79 Å². The summed E-state index contributed by atoms with van der Waals surface area (Å²) in [6.07, 6.45) is 9.93. The van der Waals surface area contributed by atoms with Crippen molar-refractivity contribution in [3.63, 3.8) is 0 Å². The van der Waals surface area contributed by atoms with E-state index in [1.54, 1.807) is 0 Å². The number of aliphatic carboxylic acids is 1. The molecule has 0 radical (unpaired) electrons. The molecule has 1 unspecified atom stereocenters. The number of rotatable bonds is 3. The van der Waals surface area contributed by atoms with Gasteiger partial charge < -0.3 is 5.11 Å². The first-order valence-electron chi connectivity index (χ1n) is 5.61. The Bertz CT molecular complexity index is 218. The normalized spacial score (nSPS) is 20.5. The minimum absolute atomic E-state index is 0.227. The molecular formula is C12H20O2. The fourth-order valence-corrected chi connectivity index (χ4v) is 2.06. The van der Waals surface area contributed by atoms with E-state index in [0.717, 1.165) is 12.8 Å². The SMILES string of the molecule is CC(CC(=O)O)C1=CCCCCCC1. The summed E-state index contributed by atoms with van der Waals surface area (Å²) in [6.45, 7) is 2.03. The van der Waals surface area contributed by atoms with E-state index >= 15 is 0 Å². The lowest BCUT2D eigenvalue weighted by Crippen LogP contribution is -2.08. The highest BCUT2D eigenvalue weighted by atomic mass is 16.4. The van der Waals surface area contributed by atoms with Crippen molar-refractivity contribution in [2.75, 3.05) is 0 Å². The van der Waals surface area contributed by atoms with Gasteiger partial charge in [0, 0.05) is 0 Å². The molecule has 0 heterocycles. The van der Waals surface area contributed by atoms with Gasteiger partial charge in [-0.15, -0.1) is 0 Å². The van der Waals surface area contributed by atoms with Gasteiger partial charge in [-0.1, -0.05) is 31.4 Å². The van der Waals surface area contributed by atoms with Crippen molar-refractivity contribution in [2.45, 2.75) is 51.9 Å². The van der Waals surface area contributed by atoms with Gasteiger partial charge in [-0.3, -0.25) is 4.79 Å². The molecule has 0 aromatic rings. The Kier molecular flexibility index (Phi) is 4.71. The molecule has 0 saturated heterocycles. The Hall–Kier alpha value is -0.790. The Morgan fingerprint density at radius 3 is 2.86 bits per heavy atom. The van der Waals surface area contributed by atoms with E-state index in [1.807, 2.05) is 6.92 Å². The lowest BCUT2D eigenvalue weighted by molar-refractivity contribution is -0.137. The Labute approximate surface area is 86.0 Å². The molecule has 1 atom stereocenters. The van der Waals surface area contributed by atoms with Crippen molar-refractivity contribution in [3.05, 3.63) is 11.6 Å². The molecule has 2 heteroatoms. The van der Waals surface area contributed by atoms with Gasteiger partial charge in [-0.25, -0.2) is 0 Å². The predicted octanol–water partition coefficient (Wildman–Crippen LogP) is 3.38. The molecule has 14 heavy (non-hydrogen) atoms. The van der Waals surface area contributed by atoms with Gasteiger partial charge in [-0.05, 0) is 31.6 Å². The summed E-state index contributed by atoms with van der Waals surface area (Å²) in [6, 6.07) is 0. The van der Waals surface area contributed by atoms with Crippen LogP contribution in [0.15, 0.2) is 11.6 Å². The molecule has 0 fully saturated rings. The summed E-state index contributed by atoms with van der Waals surface area (Å²) in [5.41, 5.74) is 1.37. The summed E-state index contributed by atoms with van der Waals surface area (Å²) in [5, 5.41) is 8.71. The van der Waals surface area contributed by atoms with E-state index < -0.39 is 5.97 Å². The highest BCUT2D eigenvalue weighted by molar-refractivity contribution is 5.67. The van der Waals surface area contributed by atoms with Crippen LogP contribution in [0.1, 0.15) is 51.9 Å². The molecule has 0 saturated carbocycles. The Morgan fingerprint density at radius 1 is 1.43 bits per heavy atom. The van der Waals surface area contributed by atoms with Crippen molar-refractivity contribution in [3.8, 4) is 0 Å². The molecule has 0 spiro atoms. The summed E-state index contributed by atoms with van der Waals surface area (Å²) >= 11 is 0. The lowest BCUT2D eigenvalue weighted by Gasteiger charge is -2.16. The van der Waals surface area contributed by atoms with Gasteiger partial charge in [0.1, 0.15) is 0 Å². The molecule has 1 aliphatic rings. The van der Waals surface area contributed by atoms with Crippen molar-refractivity contribution in [1.82, 2.24) is 0 Å². The topological polar surface area (TPSA) is 37.3 Å². The fourth-order valence-electron chi connectivity index (χ4n) is 2.06. The van der Waals surface area contributed by atoms with Crippen LogP contribution < -0.4 is 0 Å². The lowest BCUT2D eigenvalue weighted by atomic mass is 9.90. The second kappa shape index (κ2) is 5.84. The monoisotopic (exact) mass is 196 g/mol. The average Bonchev–Trinajstić information content (AvgIpc) is 2.00. The van der Waals surface area contributed by atoms with Crippen molar-refractivity contribution < 1.29 is 9.90 Å². The van der Waals surface area contributed by atoms with E-state index in [2.05, 4.69) is 6.08 Å². The van der Waals surface area contributed by atoms with Gasteiger partial charge in [0.05, 0.1) is 6.42 Å². The van der Waals surface area contributed by atoms with E-state index in [9.17, 15) is 4.79 Å². The Morgan fingerprint density at radius 2 is 2.14 bits per heavy atom. The van der Waals surface area contributed by atoms with Gasteiger partial charge in [0.25, 0.3) is 0 Å². The number of carbonyl (C=O) groups is 1. The summed E-state index contributed by atoms with van der Waals surface area (Å²) in [7, 11) is 0. The van der Waals surface area contributed by atoms with Crippen LogP contribution in [0, 0.1) is 5.92 Å². The van der Waals surface area contributed by atoms with Crippen LogP contribution in [0.25, 0.3) is 0 Å². The second-order valence-corrected chi connectivity index (χ2v) is 4.23. The maximum Gasteiger partial charge on any atom is 0.303 e. The van der Waals surface area contributed by atoms with Crippen LogP contribution in [0.5, 0.6) is 0 Å². The first kappa shape index (κ1) is 11.3. The minimum atomic E-state index is -0.680. The van der Waals surface area contributed by atoms with Crippen LogP contribution in [0.2, 0.25) is 0 Å². The van der Waals surface area contributed by atoms with Crippen LogP contribution in [-0.4, -0.2) is 11.1 Å². The van der Waals surface area contributed by atoms with Gasteiger partial charge in [0.15, 0.2) is 0 Å². The van der Waals surface area contributed by atoms with E-state index in [-0.39, 0.29) is 12.3 Å². The highest BCUT2D eigenvalue weighted by Gasteiger charge is 2.13. The molecule has 2 nitrogen and oxygen atoms in total. The molecule has 0 aliphatic heterocycles. The van der Waals surface area contributed by atoms with Gasteiger partial charge in [0.2, 0.25) is 0 Å². The number of allylic oxidation sites excluding steroid dienone is 2. The maximum atomic E-state index is 10.6. The third kappa shape index (κ3) is 3.95. The molecular weight excluding hydrogens is 176 g/mol. The van der Waals surface area contributed by atoms with Crippen molar-refractivity contribution in [1.29, 1.82) is 0 Å². The number of carboxylic acids is 1. The maximum absolute atomic E-state index is 10.6. The van der Waals surface area contributed by atoms with Crippen molar-refractivity contribution >= 4 is 5.97 Å². The van der Waals surface area contributed by atoms with E-state index in [0.29, 0.717) is 0 Å². The minimum Gasteiger partial charge on any atom is -0.481 e. The summed E-state index contributed by atoms with van der Waals surface area (Å²) < 4.78 is 0. The largest absolute Gasteiger partial charge is 0.481 e. The van der Waals surface area contributed by atoms with E-state index in [4.69, 9.17) is 5.11 Å². The first-order valence-corrected chi connectivity index (χ1v) is 5.61. The molecule has 1 N–H and O–H groups in total. The zero-order valence-corrected chi connectivity index (χ0v) is 8.96. The zero-order chi connectivity index (χ0) is 10.4. The molecule has 0 amide bonds. The fraction of sp³-hybridized carbons (Fsp3) is 0.750. The van der Waals surface area contributed by atoms with Gasteiger partial charge >= 0.3 is 5.97 Å². The predicted molar refractivity (Wildman–Crippen MR) is 57.2 cm³/mol. The summed E-state index contributed by atoms with van der Waals surface area (Å²) in [4.78, 5) is 10.6. The third-order valence-corrected chi connectivity index (χ3v) is 2.94. The standard InChI is InChI=1S/C12H20O2/c1-10(9-12(13)14)11-7-5-3-2-4-6-8-11/h7,10H,2-6,8-9H2,1H3,(H,13,14). The number of hydrogen-bond donors (Lipinski definition) is 1. The summed E-state index contributed by atoms with van der Waals surface area (Å²) in [5.74, 6) is -0.453. The number of carboxylic acid groups (broad SMARTS) is 1. The first-order chi connectivity index (χ1) is 6.70. The molecule has 80 valence electrons. The highest BCUT2D eigenvalue weighted by Crippen LogP contribution is 2.24. The zero-order valence-electron chi connectivity index (χ0n) is 8.96. The molecule has 1 aliphatic carbocycles. The molecule has 0 aromatic heterocycles.